The molecule has 0 fully saturated rings. The number of carbonyl (C=O) groups is 3. The zero-order valence-corrected chi connectivity index (χ0v) is 16.7. The standard InChI is InChI=1S/C20H24O8/c1-10-9-12(21)16(20(23)28-6)15(14(10)19(22)27-5)11-7-8-13(24-2)18(26-4)17(11)25-3/h7-9,14-16H,1-6H3. The molecule has 0 radical (unpaired) electrons. The van der Waals surface area contributed by atoms with E-state index in [0.29, 0.717) is 16.9 Å². The number of esters is 2. The van der Waals surface area contributed by atoms with E-state index < -0.39 is 35.5 Å². The molecule has 8 nitrogen and oxygen atoms in total. The monoisotopic (exact) mass is 392 g/mol. The Bertz CT molecular complexity index is 811. The predicted octanol–water partition coefficient (Wildman–Crippen LogP) is 1.90. The van der Waals surface area contributed by atoms with E-state index in [2.05, 4.69) is 0 Å². The molecule has 0 saturated carbocycles. The summed E-state index contributed by atoms with van der Waals surface area (Å²) in [4.78, 5) is 37.8. The van der Waals surface area contributed by atoms with Gasteiger partial charge in [0.2, 0.25) is 5.75 Å². The van der Waals surface area contributed by atoms with Crippen LogP contribution in [0.4, 0.5) is 0 Å². The minimum atomic E-state index is -1.23. The number of hydrogen-bond acceptors (Lipinski definition) is 8. The first-order valence-corrected chi connectivity index (χ1v) is 8.52. The van der Waals surface area contributed by atoms with Crippen LogP contribution in [0.1, 0.15) is 18.4 Å². The van der Waals surface area contributed by atoms with Crippen molar-refractivity contribution in [2.75, 3.05) is 35.5 Å². The number of ketones is 1. The second-order valence-electron chi connectivity index (χ2n) is 6.24. The second kappa shape index (κ2) is 8.77. The smallest absolute Gasteiger partial charge is 0.317 e. The molecule has 3 unspecified atom stereocenters. The van der Waals surface area contributed by atoms with Crippen LogP contribution in [0.5, 0.6) is 17.2 Å². The molecule has 152 valence electrons. The Hall–Kier alpha value is -3.03. The molecule has 0 N–H and O–H groups in total. The van der Waals surface area contributed by atoms with E-state index >= 15 is 0 Å². The van der Waals surface area contributed by atoms with Crippen molar-refractivity contribution in [3.63, 3.8) is 0 Å². The van der Waals surface area contributed by atoms with E-state index in [-0.39, 0.29) is 11.5 Å². The predicted molar refractivity (Wildman–Crippen MR) is 98.6 cm³/mol. The van der Waals surface area contributed by atoms with Gasteiger partial charge in [0.25, 0.3) is 0 Å². The van der Waals surface area contributed by atoms with E-state index in [1.165, 1.54) is 41.6 Å². The van der Waals surface area contributed by atoms with Crippen LogP contribution in [0, 0.1) is 11.8 Å². The number of hydrogen-bond donors (Lipinski definition) is 0. The van der Waals surface area contributed by atoms with Crippen molar-refractivity contribution >= 4 is 17.7 Å². The summed E-state index contributed by atoms with van der Waals surface area (Å²) in [5.74, 6) is -3.82. The highest BCUT2D eigenvalue weighted by atomic mass is 16.5. The van der Waals surface area contributed by atoms with Crippen molar-refractivity contribution < 1.29 is 38.1 Å². The summed E-state index contributed by atoms with van der Waals surface area (Å²) in [5.41, 5.74) is 0.922. The number of ether oxygens (including phenoxy) is 5. The van der Waals surface area contributed by atoms with Gasteiger partial charge in [0.05, 0.1) is 41.5 Å². The molecular formula is C20H24O8. The zero-order valence-electron chi connectivity index (χ0n) is 16.7. The van der Waals surface area contributed by atoms with Gasteiger partial charge in [-0.2, -0.15) is 0 Å². The second-order valence-corrected chi connectivity index (χ2v) is 6.24. The fourth-order valence-electron chi connectivity index (χ4n) is 3.65. The van der Waals surface area contributed by atoms with E-state index in [1.807, 2.05) is 0 Å². The average Bonchev–Trinajstić information content (AvgIpc) is 2.70. The maximum absolute atomic E-state index is 12.7. The molecule has 1 aromatic rings. The molecular weight excluding hydrogens is 368 g/mol. The molecule has 0 amide bonds. The molecule has 8 heteroatoms. The molecule has 1 aliphatic carbocycles. The Morgan fingerprint density at radius 1 is 0.821 bits per heavy atom. The third kappa shape index (κ3) is 3.54. The first-order valence-electron chi connectivity index (χ1n) is 8.52. The summed E-state index contributed by atoms with van der Waals surface area (Å²) in [6.45, 7) is 1.65. The zero-order chi connectivity index (χ0) is 21.0. The third-order valence-electron chi connectivity index (χ3n) is 4.89. The lowest BCUT2D eigenvalue weighted by molar-refractivity contribution is -0.152. The highest BCUT2D eigenvalue weighted by molar-refractivity contribution is 6.08. The fourth-order valence-corrected chi connectivity index (χ4v) is 3.65. The lowest BCUT2D eigenvalue weighted by atomic mass is 9.68. The van der Waals surface area contributed by atoms with E-state index in [0.717, 1.165) is 0 Å². The van der Waals surface area contributed by atoms with Crippen LogP contribution >= 0.6 is 0 Å². The summed E-state index contributed by atoms with van der Waals surface area (Å²) >= 11 is 0. The molecule has 3 atom stereocenters. The van der Waals surface area contributed by atoms with Gasteiger partial charge in [-0.25, -0.2) is 0 Å². The normalized spacial score (nSPS) is 21.4. The Balaban J connectivity index is 2.81. The first kappa shape index (κ1) is 21.3. The van der Waals surface area contributed by atoms with Crippen molar-refractivity contribution in [3.8, 4) is 17.2 Å². The van der Waals surface area contributed by atoms with Gasteiger partial charge >= 0.3 is 11.9 Å². The molecule has 2 rings (SSSR count). The number of allylic oxidation sites excluding steroid dienone is 1. The van der Waals surface area contributed by atoms with Crippen molar-refractivity contribution in [2.24, 2.45) is 11.8 Å². The molecule has 0 saturated heterocycles. The molecule has 0 bridgehead atoms. The largest absolute Gasteiger partial charge is 0.493 e. The highest BCUT2D eigenvalue weighted by Crippen LogP contribution is 2.50. The van der Waals surface area contributed by atoms with Gasteiger partial charge in [0.15, 0.2) is 17.3 Å². The van der Waals surface area contributed by atoms with Gasteiger partial charge in [-0.15, -0.1) is 0 Å². The lowest BCUT2D eigenvalue weighted by Gasteiger charge is -2.35. The molecule has 0 aliphatic heterocycles. The number of benzene rings is 1. The van der Waals surface area contributed by atoms with E-state index in [1.54, 1.807) is 19.1 Å². The molecule has 0 aromatic heterocycles. The average molecular weight is 392 g/mol. The summed E-state index contributed by atoms with van der Waals surface area (Å²) in [5, 5.41) is 0. The maximum Gasteiger partial charge on any atom is 0.317 e. The van der Waals surface area contributed by atoms with Crippen LogP contribution in [0.2, 0.25) is 0 Å². The molecule has 0 spiro atoms. The number of rotatable bonds is 6. The number of carbonyl (C=O) groups excluding carboxylic acids is 3. The quantitative estimate of drug-likeness (QED) is 0.535. The van der Waals surface area contributed by atoms with Gasteiger partial charge in [-0.1, -0.05) is 11.6 Å². The molecule has 1 aromatic carbocycles. The Kier molecular flexibility index (Phi) is 6.66. The topological polar surface area (TPSA) is 97.4 Å². The van der Waals surface area contributed by atoms with Crippen molar-refractivity contribution in [3.05, 3.63) is 29.3 Å². The maximum atomic E-state index is 12.7. The van der Waals surface area contributed by atoms with Gasteiger partial charge < -0.3 is 23.7 Å². The summed E-state index contributed by atoms with van der Waals surface area (Å²) in [6.07, 6.45) is 1.28. The first-order chi connectivity index (χ1) is 13.4. The van der Waals surface area contributed by atoms with Crippen LogP contribution in [0.15, 0.2) is 23.8 Å². The van der Waals surface area contributed by atoms with Crippen LogP contribution < -0.4 is 14.2 Å². The number of methoxy groups -OCH3 is 5. The van der Waals surface area contributed by atoms with Gasteiger partial charge in [0.1, 0.15) is 5.92 Å². The fraction of sp³-hybridized carbons (Fsp3) is 0.450. The Morgan fingerprint density at radius 2 is 1.39 bits per heavy atom. The van der Waals surface area contributed by atoms with Gasteiger partial charge in [-0.05, 0) is 19.1 Å². The van der Waals surface area contributed by atoms with Crippen LogP contribution in [0.3, 0.4) is 0 Å². The minimum absolute atomic E-state index is 0.261. The molecule has 1 aliphatic rings. The summed E-state index contributed by atoms with van der Waals surface area (Å²) in [7, 11) is 6.78. The van der Waals surface area contributed by atoms with Crippen molar-refractivity contribution in [2.45, 2.75) is 12.8 Å². The van der Waals surface area contributed by atoms with Crippen LogP contribution in [-0.4, -0.2) is 53.3 Å². The molecule has 0 heterocycles. The Morgan fingerprint density at radius 3 is 1.89 bits per heavy atom. The van der Waals surface area contributed by atoms with Crippen LogP contribution in [0.25, 0.3) is 0 Å². The van der Waals surface area contributed by atoms with Crippen molar-refractivity contribution in [1.82, 2.24) is 0 Å². The molecule has 28 heavy (non-hydrogen) atoms. The van der Waals surface area contributed by atoms with E-state index in [9.17, 15) is 14.4 Å². The van der Waals surface area contributed by atoms with Crippen LogP contribution in [-0.2, 0) is 23.9 Å². The summed E-state index contributed by atoms with van der Waals surface area (Å²) < 4.78 is 26.0. The SMILES string of the molecule is COC(=O)C1C(=O)C=C(C)C(C(=O)OC)C1c1ccc(OC)c(OC)c1OC. The van der Waals surface area contributed by atoms with Gasteiger partial charge in [-0.3, -0.25) is 14.4 Å². The van der Waals surface area contributed by atoms with E-state index in [4.69, 9.17) is 23.7 Å². The van der Waals surface area contributed by atoms with Crippen molar-refractivity contribution in [1.29, 1.82) is 0 Å². The highest BCUT2D eigenvalue weighted by Gasteiger charge is 2.49. The van der Waals surface area contributed by atoms with Gasteiger partial charge in [0, 0.05) is 11.5 Å². The third-order valence-corrected chi connectivity index (χ3v) is 4.89. The minimum Gasteiger partial charge on any atom is -0.493 e. The summed E-state index contributed by atoms with van der Waals surface area (Å²) in [6, 6.07) is 3.26. The lowest BCUT2D eigenvalue weighted by Crippen LogP contribution is -2.41. The Labute approximate surface area is 163 Å².